The molecule has 1 aliphatic rings. The number of anilines is 1. The van der Waals surface area contributed by atoms with Gasteiger partial charge in [-0.25, -0.2) is 4.79 Å². The Kier molecular flexibility index (Phi) is 4.73. The number of hydrogen-bond acceptors (Lipinski definition) is 6. The predicted molar refractivity (Wildman–Crippen MR) is 97.7 cm³/mol. The van der Waals surface area contributed by atoms with Crippen molar-refractivity contribution < 1.29 is 14.3 Å². The highest BCUT2D eigenvalue weighted by Gasteiger charge is 2.33. The van der Waals surface area contributed by atoms with Crippen molar-refractivity contribution in [3.05, 3.63) is 64.8 Å². The van der Waals surface area contributed by atoms with Crippen molar-refractivity contribution in [2.75, 3.05) is 12.0 Å². The molecule has 1 aliphatic heterocycles. The van der Waals surface area contributed by atoms with Crippen LogP contribution in [0, 0.1) is 0 Å². The van der Waals surface area contributed by atoms with Crippen molar-refractivity contribution in [3.63, 3.8) is 0 Å². The minimum absolute atomic E-state index is 0.207. The second-order valence-electron chi connectivity index (χ2n) is 4.81. The fourth-order valence-electron chi connectivity index (χ4n) is 2.15. The van der Waals surface area contributed by atoms with Crippen LogP contribution in [0.2, 0.25) is 0 Å². The van der Waals surface area contributed by atoms with E-state index in [-0.39, 0.29) is 5.91 Å². The standard InChI is InChI=1S/C17H12N2O3S2/c1-22-16(21)11-5-7-13(8-6-11)19-15(20)14(24-17(19)23)10-12-4-2-3-9-18-12/h2-10H,1H3/b14-10+. The van der Waals surface area contributed by atoms with Crippen molar-refractivity contribution in [1.29, 1.82) is 0 Å². The number of nitrogens with zero attached hydrogens (tertiary/aromatic N) is 2. The fraction of sp³-hybridized carbons (Fsp3) is 0.0588. The molecule has 2 aromatic rings. The first-order valence-electron chi connectivity index (χ1n) is 6.97. The Morgan fingerprint density at radius 3 is 2.62 bits per heavy atom. The van der Waals surface area contributed by atoms with Crippen LogP contribution in [0.1, 0.15) is 16.1 Å². The van der Waals surface area contributed by atoms with E-state index in [1.54, 1.807) is 36.5 Å². The molecule has 2 heterocycles. The second-order valence-corrected chi connectivity index (χ2v) is 6.49. The Balaban J connectivity index is 1.87. The number of carbonyl (C=O) groups excluding carboxylic acids is 2. The Bertz CT molecular complexity index is 833. The molecule has 1 aromatic heterocycles. The summed E-state index contributed by atoms with van der Waals surface area (Å²) in [7, 11) is 1.32. The summed E-state index contributed by atoms with van der Waals surface area (Å²) in [5.74, 6) is -0.636. The van der Waals surface area contributed by atoms with Crippen molar-refractivity contribution in [2.45, 2.75) is 0 Å². The summed E-state index contributed by atoms with van der Waals surface area (Å²) in [5, 5.41) is 0. The number of benzene rings is 1. The van der Waals surface area contributed by atoms with Crippen LogP contribution in [0.25, 0.3) is 6.08 Å². The molecule has 0 bridgehead atoms. The summed E-state index contributed by atoms with van der Waals surface area (Å²) in [4.78, 5) is 30.2. The van der Waals surface area contributed by atoms with Gasteiger partial charge in [0.2, 0.25) is 0 Å². The van der Waals surface area contributed by atoms with E-state index in [2.05, 4.69) is 9.72 Å². The van der Waals surface area contributed by atoms with Gasteiger partial charge in [0.25, 0.3) is 5.91 Å². The molecular weight excluding hydrogens is 344 g/mol. The predicted octanol–water partition coefficient (Wildman–Crippen LogP) is 3.27. The Labute approximate surface area is 148 Å². The van der Waals surface area contributed by atoms with Gasteiger partial charge in [-0.1, -0.05) is 30.0 Å². The van der Waals surface area contributed by atoms with E-state index in [1.165, 1.54) is 23.8 Å². The number of hydrogen-bond donors (Lipinski definition) is 0. The highest BCUT2D eigenvalue weighted by Crippen LogP contribution is 2.35. The minimum Gasteiger partial charge on any atom is -0.465 e. The number of aromatic nitrogens is 1. The van der Waals surface area contributed by atoms with E-state index in [4.69, 9.17) is 12.2 Å². The van der Waals surface area contributed by atoms with Crippen molar-refractivity contribution in [2.24, 2.45) is 0 Å². The molecule has 1 saturated heterocycles. The number of pyridine rings is 1. The molecule has 3 rings (SSSR count). The summed E-state index contributed by atoms with van der Waals surface area (Å²) in [6.45, 7) is 0. The van der Waals surface area contributed by atoms with E-state index in [0.717, 1.165) is 0 Å². The fourth-order valence-corrected chi connectivity index (χ4v) is 3.43. The first kappa shape index (κ1) is 16.4. The van der Waals surface area contributed by atoms with Gasteiger partial charge < -0.3 is 4.74 Å². The Hall–Kier alpha value is -2.51. The van der Waals surface area contributed by atoms with Crippen LogP contribution < -0.4 is 4.90 Å². The molecule has 0 N–H and O–H groups in total. The molecule has 0 spiro atoms. The summed E-state index contributed by atoms with van der Waals surface area (Å²) in [6.07, 6.45) is 3.38. The zero-order valence-electron chi connectivity index (χ0n) is 12.6. The minimum atomic E-state index is -0.429. The normalized spacial score (nSPS) is 15.9. The van der Waals surface area contributed by atoms with Crippen LogP contribution >= 0.6 is 24.0 Å². The highest BCUT2D eigenvalue weighted by molar-refractivity contribution is 8.27. The Morgan fingerprint density at radius 2 is 2.00 bits per heavy atom. The zero-order chi connectivity index (χ0) is 17.1. The van der Waals surface area contributed by atoms with E-state index in [9.17, 15) is 9.59 Å². The van der Waals surface area contributed by atoms with Crippen molar-refractivity contribution >= 4 is 51.9 Å². The third-order valence-corrected chi connectivity index (χ3v) is 4.61. The molecular formula is C17H12N2O3S2. The number of rotatable bonds is 3. The largest absolute Gasteiger partial charge is 0.465 e. The average molecular weight is 356 g/mol. The molecule has 0 radical (unpaired) electrons. The van der Waals surface area contributed by atoms with E-state index >= 15 is 0 Å². The zero-order valence-corrected chi connectivity index (χ0v) is 14.3. The lowest BCUT2D eigenvalue weighted by atomic mass is 10.2. The molecule has 120 valence electrons. The average Bonchev–Trinajstić information content (AvgIpc) is 2.89. The van der Waals surface area contributed by atoms with E-state index in [0.29, 0.717) is 26.2 Å². The van der Waals surface area contributed by atoms with E-state index in [1.807, 2.05) is 18.2 Å². The quantitative estimate of drug-likeness (QED) is 0.478. The number of ether oxygens (including phenoxy) is 1. The van der Waals surface area contributed by atoms with Gasteiger partial charge in [0, 0.05) is 6.20 Å². The topological polar surface area (TPSA) is 59.5 Å². The molecule has 1 aromatic carbocycles. The van der Waals surface area contributed by atoms with Gasteiger partial charge in [-0.05, 0) is 42.5 Å². The molecule has 0 atom stereocenters. The number of carbonyl (C=O) groups is 2. The Morgan fingerprint density at radius 1 is 1.25 bits per heavy atom. The lowest BCUT2D eigenvalue weighted by Gasteiger charge is -2.14. The smallest absolute Gasteiger partial charge is 0.337 e. The van der Waals surface area contributed by atoms with Gasteiger partial charge in [-0.15, -0.1) is 0 Å². The number of amides is 1. The van der Waals surface area contributed by atoms with Crippen LogP contribution in [0.5, 0.6) is 0 Å². The third-order valence-electron chi connectivity index (χ3n) is 3.31. The van der Waals surface area contributed by atoms with Crippen molar-refractivity contribution in [1.82, 2.24) is 4.98 Å². The molecule has 1 fully saturated rings. The summed E-state index contributed by atoms with van der Waals surface area (Å²) >= 11 is 6.54. The molecule has 0 aliphatic carbocycles. The van der Waals surface area contributed by atoms with Gasteiger partial charge in [0.05, 0.1) is 29.0 Å². The lowest BCUT2D eigenvalue weighted by molar-refractivity contribution is -0.113. The monoisotopic (exact) mass is 356 g/mol. The number of thiocarbonyl (C=S) groups is 1. The summed E-state index contributed by atoms with van der Waals surface area (Å²) in [6, 6.07) is 12.0. The second kappa shape index (κ2) is 6.94. The van der Waals surface area contributed by atoms with Crippen LogP contribution in [0.15, 0.2) is 53.6 Å². The van der Waals surface area contributed by atoms with E-state index < -0.39 is 5.97 Å². The first-order chi connectivity index (χ1) is 11.6. The molecule has 7 heteroatoms. The van der Waals surface area contributed by atoms with Crippen LogP contribution in [0.4, 0.5) is 5.69 Å². The molecule has 0 saturated carbocycles. The van der Waals surface area contributed by atoms with Crippen LogP contribution in [-0.2, 0) is 9.53 Å². The van der Waals surface area contributed by atoms with Crippen LogP contribution in [0.3, 0.4) is 0 Å². The maximum absolute atomic E-state index is 12.6. The SMILES string of the molecule is COC(=O)c1ccc(N2C(=O)/C(=C\c3ccccn3)SC2=S)cc1. The maximum Gasteiger partial charge on any atom is 0.337 e. The number of esters is 1. The molecule has 5 nitrogen and oxygen atoms in total. The molecule has 0 unspecified atom stereocenters. The summed E-state index contributed by atoms with van der Waals surface area (Å²) < 4.78 is 5.10. The van der Waals surface area contributed by atoms with Crippen LogP contribution in [-0.4, -0.2) is 28.3 Å². The van der Waals surface area contributed by atoms with Gasteiger partial charge in [-0.2, -0.15) is 0 Å². The lowest BCUT2D eigenvalue weighted by Crippen LogP contribution is -2.27. The van der Waals surface area contributed by atoms with Gasteiger partial charge in [0.1, 0.15) is 0 Å². The molecule has 24 heavy (non-hydrogen) atoms. The summed E-state index contributed by atoms with van der Waals surface area (Å²) in [5.41, 5.74) is 1.71. The number of thioether (sulfide) groups is 1. The highest BCUT2D eigenvalue weighted by atomic mass is 32.2. The van der Waals surface area contributed by atoms with Gasteiger partial charge >= 0.3 is 5.97 Å². The first-order valence-corrected chi connectivity index (χ1v) is 8.20. The van der Waals surface area contributed by atoms with Gasteiger partial charge in [-0.3, -0.25) is 14.7 Å². The third kappa shape index (κ3) is 3.22. The van der Waals surface area contributed by atoms with Crippen molar-refractivity contribution in [3.8, 4) is 0 Å². The number of methoxy groups -OCH3 is 1. The molecule has 1 amide bonds. The van der Waals surface area contributed by atoms with Gasteiger partial charge in [0.15, 0.2) is 4.32 Å². The maximum atomic E-state index is 12.6.